The molecule has 1 atom stereocenters. The summed E-state index contributed by atoms with van der Waals surface area (Å²) in [5.41, 5.74) is 0.686. The first kappa shape index (κ1) is 12.7. The first-order valence-electron chi connectivity index (χ1n) is 5.43. The second-order valence-electron chi connectivity index (χ2n) is 6.10. The Morgan fingerprint density at radius 1 is 1.53 bits per heavy atom. The third-order valence-electron chi connectivity index (χ3n) is 3.83. The van der Waals surface area contributed by atoms with Crippen molar-refractivity contribution in [2.24, 2.45) is 5.41 Å². The van der Waals surface area contributed by atoms with Gasteiger partial charge in [-0.15, -0.1) is 0 Å². The zero-order chi connectivity index (χ0) is 11.9. The Kier molecular flexibility index (Phi) is 3.00. The first-order valence-corrected chi connectivity index (χ1v) is 8.34. The minimum absolute atomic E-state index is 0.202. The molecule has 0 aromatic heterocycles. The molecule has 1 fully saturated rings. The zero-order valence-corrected chi connectivity index (χ0v) is 11.5. The van der Waals surface area contributed by atoms with Crippen molar-refractivity contribution < 1.29 is 9.22 Å². The van der Waals surface area contributed by atoms with Gasteiger partial charge in [0.1, 0.15) is 6.29 Å². The van der Waals surface area contributed by atoms with Gasteiger partial charge in [0.15, 0.2) is 8.32 Å². The highest BCUT2D eigenvalue weighted by atomic mass is 28.4. The molecule has 0 spiro atoms. The van der Waals surface area contributed by atoms with Gasteiger partial charge in [-0.3, -0.25) is 0 Å². The first-order chi connectivity index (χ1) is 6.65. The van der Waals surface area contributed by atoms with Gasteiger partial charge in [-0.25, -0.2) is 0 Å². The summed E-state index contributed by atoms with van der Waals surface area (Å²) < 4.78 is 6.03. The number of hydrogen-bond acceptors (Lipinski definition) is 2. The minimum atomic E-state index is -1.72. The van der Waals surface area contributed by atoms with Gasteiger partial charge in [0.25, 0.3) is 0 Å². The van der Waals surface area contributed by atoms with E-state index in [9.17, 15) is 4.79 Å². The van der Waals surface area contributed by atoms with Crippen molar-refractivity contribution in [2.45, 2.75) is 45.3 Å². The number of hydrogen-bond donors (Lipinski definition) is 0. The quantitative estimate of drug-likeness (QED) is 0.418. The van der Waals surface area contributed by atoms with Gasteiger partial charge in [0.05, 0.1) is 12.0 Å². The molecule has 86 valence electrons. The van der Waals surface area contributed by atoms with E-state index in [4.69, 9.17) is 4.43 Å². The summed E-state index contributed by atoms with van der Waals surface area (Å²) >= 11 is 0. The highest BCUT2D eigenvalue weighted by Crippen LogP contribution is 2.50. The average Bonchev–Trinajstić information content (AvgIpc) is 2.73. The lowest BCUT2D eigenvalue weighted by Gasteiger charge is -2.36. The second-order valence-corrected chi connectivity index (χ2v) is 10.9. The third kappa shape index (κ3) is 2.40. The monoisotopic (exact) mass is 226 g/mol. The molecule has 0 N–H and O–H groups in total. The molecule has 1 saturated carbocycles. The summed E-state index contributed by atoms with van der Waals surface area (Å²) in [5.74, 6) is 0. The number of aldehydes is 1. The molecular weight excluding hydrogens is 204 g/mol. The van der Waals surface area contributed by atoms with Crippen LogP contribution in [0.2, 0.25) is 18.1 Å². The fraction of sp³-hybridized carbons (Fsp3) is 0.750. The molecule has 2 nitrogen and oxygen atoms in total. The highest BCUT2D eigenvalue weighted by Gasteiger charge is 2.49. The molecule has 0 amide bonds. The van der Waals surface area contributed by atoms with Crippen LogP contribution in [0.25, 0.3) is 0 Å². The largest absolute Gasteiger partial charge is 0.415 e. The van der Waals surface area contributed by atoms with E-state index < -0.39 is 8.32 Å². The Labute approximate surface area is 93.8 Å². The molecule has 1 aliphatic carbocycles. The van der Waals surface area contributed by atoms with Crippen LogP contribution in [0, 0.1) is 5.41 Å². The fourth-order valence-corrected chi connectivity index (χ4v) is 2.23. The Morgan fingerprint density at radius 2 is 2.00 bits per heavy atom. The Hall–Kier alpha value is -0.413. The maximum Gasteiger partial charge on any atom is 0.192 e. The molecule has 3 heteroatoms. The molecule has 0 saturated heterocycles. The summed E-state index contributed by atoms with van der Waals surface area (Å²) in [4.78, 5) is 10.9. The molecule has 0 aromatic carbocycles. The lowest BCUT2D eigenvalue weighted by atomic mass is 10.1. The van der Waals surface area contributed by atoms with Crippen molar-refractivity contribution in [2.75, 3.05) is 6.61 Å². The van der Waals surface area contributed by atoms with E-state index in [1.165, 1.54) is 0 Å². The van der Waals surface area contributed by atoms with E-state index >= 15 is 0 Å². The molecule has 0 radical (unpaired) electrons. The highest BCUT2D eigenvalue weighted by molar-refractivity contribution is 6.74. The van der Waals surface area contributed by atoms with E-state index in [0.29, 0.717) is 6.61 Å². The Balaban J connectivity index is 2.58. The molecule has 0 bridgehead atoms. The lowest BCUT2D eigenvalue weighted by molar-refractivity contribution is -0.112. The van der Waals surface area contributed by atoms with Crippen molar-refractivity contribution in [3.63, 3.8) is 0 Å². The molecule has 0 heterocycles. The van der Waals surface area contributed by atoms with E-state index in [2.05, 4.69) is 40.4 Å². The van der Waals surface area contributed by atoms with Gasteiger partial charge in [-0.1, -0.05) is 32.9 Å². The van der Waals surface area contributed by atoms with E-state index in [0.717, 1.165) is 18.3 Å². The third-order valence-corrected chi connectivity index (χ3v) is 8.31. The van der Waals surface area contributed by atoms with Crippen molar-refractivity contribution in [1.29, 1.82) is 0 Å². The predicted molar refractivity (Wildman–Crippen MR) is 65.4 cm³/mol. The molecule has 1 aliphatic rings. The molecule has 0 aliphatic heterocycles. The molecular formula is C12H22O2Si. The van der Waals surface area contributed by atoms with Crippen molar-refractivity contribution in [3.05, 3.63) is 12.2 Å². The standard InChI is InChI=1S/C12H22O2Si/c1-10-7-12(10,8-13)9-14-15(5,6)11(2,3)4/h8H,1,7,9H2,2-6H3. The average molecular weight is 226 g/mol. The molecule has 1 unspecified atom stereocenters. The normalized spacial score (nSPS) is 26.6. The van der Waals surface area contributed by atoms with Crippen LogP contribution in [-0.2, 0) is 9.22 Å². The Bertz CT molecular complexity index is 288. The summed E-state index contributed by atoms with van der Waals surface area (Å²) in [6, 6.07) is 0. The number of carbonyl (C=O) groups excluding carboxylic acids is 1. The fourth-order valence-electron chi connectivity index (χ4n) is 1.17. The van der Waals surface area contributed by atoms with Crippen LogP contribution in [0.15, 0.2) is 12.2 Å². The van der Waals surface area contributed by atoms with Crippen LogP contribution >= 0.6 is 0 Å². The summed E-state index contributed by atoms with van der Waals surface area (Å²) in [5, 5.41) is 0.202. The van der Waals surface area contributed by atoms with Crippen LogP contribution in [0.5, 0.6) is 0 Å². The van der Waals surface area contributed by atoms with Gasteiger partial charge in [0, 0.05) is 0 Å². The lowest BCUT2D eigenvalue weighted by Crippen LogP contribution is -2.42. The number of carbonyl (C=O) groups is 1. The van der Waals surface area contributed by atoms with Gasteiger partial charge >= 0.3 is 0 Å². The molecule has 15 heavy (non-hydrogen) atoms. The molecule has 0 aromatic rings. The summed E-state index contributed by atoms with van der Waals surface area (Å²) in [6.07, 6.45) is 1.81. The van der Waals surface area contributed by atoms with E-state index in [-0.39, 0.29) is 10.5 Å². The van der Waals surface area contributed by atoms with Crippen molar-refractivity contribution >= 4 is 14.6 Å². The van der Waals surface area contributed by atoms with Gasteiger partial charge in [0.2, 0.25) is 0 Å². The smallest absolute Gasteiger partial charge is 0.192 e. The number of rotatable bonds is 4. The summed E-state index contributed by atoms with van der Waals surface area (Å²) in [7, 11) is -1.72. The maximum atomic E-state index is 10.9. The Morgan fingerprint density at radius 3 is 2.27 bits per heavy atom. The zero-order valence-electron chi connectivity index (χ0n) is 10.5. The van der Waals surface area contributed by atoms with E-state index in [1.54, 1.807) is 0 Å². The SMILES string of the molecule is C=C1CC1(C=O)CO[Si](C)(C)C(C)(C)C. The van der Waals surface area contributed by atoms with Crippen LogP contribution in [0.3, 0.4) is 0 Å². The summed E-state index contributed by atoms with van der Waals surface area (Å²) in [6.45, 7) is 15.4. The van der Waals surface area contributed by atoms with Crippen LogP contribution in [-0.4, -0.2) is 21.2 Å². The molecule has 1 rings (SSSR count). The van der Waals surface area contributed by atoms with Crippen molar-refractivity contribution in [1.82, 2.24) is 0 Å². The minimum Gasteiger partial charge on any atom is -0.415 e. The topological polar surface area (TPSA) is 26.3 Å². The predicted octanol–water partition coefficient (Wildman–Crippen LogP) is 3.15. The van der Waals surface area contributed by atoms with Crippen LogP contribution in [0.1, 0.15) is 27.2 Å². The van der Waals surface area contributed by atoms with E-state index in [1.807, 2.05) is 0 Å². The van der Waals surface area contributed by atoms with Crippen molar-refractivity contribution in [3.8, 4) is 0 Å². The van der Waals surface area contributed by atoms with Crippen LogP contribution < -0.4 is 0 Å². The maximum absolute atomic E-state index is 10.9. The van der Waals surface area contributed by atoms with Crippen LogP contribution in [0.4, 0.5) is 0 Å². The van der Waals surface area contributed by atoms with Gasteiger partial charge in [-0.2, -0.15) is 0 Å². The van der Waals surface area contributed by atoms with Gasteiger partial charge in [-0.05, 0) is 24.6 Å². The van der Waals surface area contributed by atoms with Gasteiger partial charge < -0.3 is 9.22 Å². The second kappa shape index (κ2) is 3.56.